The van der Waals surface area contributed by atoms with Crippen molar-refractivity contribution in [2.75, 3.05) is 34.4 Å². The topological polar surface area (TPSA) is 123 Å². The molecule has 4 atom stereocenters. The molecule has 0 spiro atoms. The van der Waals surface area contributed by atoms with Crippen LogP contribution in [0, 0.1) is 11.8 Å². The van der Waals surface area contributed by atoms with Gasteiger partial charge in [-0.05, 0) is 73.9 Å². The van der Waals surface area contributed by atoms with E-state index in [1.165, 1.54) is 21.3 Å². The van der Waals surface area contributed by atoms with Gasteiger partial charge in [-0.3, -0.25) is 9.59 Å². The van der Waals surface area contributed by atoms with Crippen LogP contribution in [0.1, 0.15) is 36.8 Å². The van der Waals surface area contributed by atoms with E-state index in [2.05, 4.69) is 0 Å². The molecule has 12 heteroatoms. The molecule has 2 amide bonds. The second kappa shape index (κ2) is 16.4. The van der Waals surface area contributed by atoms with Crippen LogP contribution in [0.4, 0.5) is 9.59 Å². The zero-order chi connectivity index (χ0) is 31.5. The first-order valence-electron chi connectivity index (χ1n) is 14.0. The maximum absolute atomic E-state index is 11.9. The Kier molecular flexibility index (Phi) is 12.9. The summed E-state index contributed by atoms with van der Waals surface area (Å²) in [5, 5.41) is 10.5. The van der Waals surface area contributed by atoms with E-state index in [-0.39, 0.29) is 30.1 Å². The average molecular weight is 638 g/mol. The van der Waals surface area contributed by atoms with Crippen LogP contribution in [0.5, 0.6) is 0 Å². The van der Waals surface area contributed by atoms with Gasteiger partial charge in [0.15, 0.2) is 0 Å². The molecular formula is C31H38Cl2N2O8. The van der Waals surface area contributed by atoms with Crippen LogP contribution in [0.15, 0.2) is 48.5 Å². The molecule has 4 rings (SSSR count). The molecule has 4 unspecified atom stereocenters. The number of rotatable bonds is 6. The molecule has 2 fully saturated rings. The van der Waals surface area contributed by atoms with Gasteiger partial charge in [-0.1, -0.05) is 47.5 Å². The van der Waals surface area contributed by atoms with Crippen molar-refractivity contribution in [1.29, 1.82) is 0 Å². The number of carboxylic acid groups (broad SMARTS) is 1. The van der Waals surface area contributed by atoms with Gasteiger partial charge < -0.3 is 29.1 Å². The van der Waals surface area contributed by atoms with Crippen LogP contribution in [0.2, 0.25) is 10.0 Å². The summed E-state index contributed by atoms with van der Waals surface area (Å²) in [6, 6.07) is 14.6. The van der Waals surface area contributed by atoms with E-state index in [9.17, 15) is 24.3 Å². The SMILES string of the molecule is COC(=O)C1CCN(C(=O)OC)C(Cc2ccc(Cl)cc2)C1.COC(=O)N1CCC(C(=O)O)CC1Cc1ccc(Cl)cc1. The van der Waals surface area contributed by atoms with Crippen LogP contribution in [-0.4, -0.2) is 85.5 Å². The lowest BCUT2D eigenvalue weighted by Crippen LogP contribution is -2.48. The number of methoxy groups -OCH3 is 3. The Labute approximate surface area is 261 Å². The number of amides is 2. The van der Waals surface area contributed by atoms with Crippen LogP contribution in [0.3, 0.4) is 0 Å². The third-order valence-corrected chi connectivity index (χ3v) is 8.41. The molecule has 1 N–H and O–H groups in total. The van der Waals surface area contributed by atoms with E-state index in [0.29, 0.717) is 61.7 Å². The molecule has 2 saturated heterocycles. The molecule has 2 heterocycles. The minimum absolute atomic E-state index is 0.0912. The second-order valence-corrected chi connectivity index (χ2v) is 11.5. The number of carbonyl (C=O) groups excluding carboxylic acids is 3. The summed E-state index contributed by atoms with van der Waals surface area (Å²) in [5.74, 6) is -1.61. The molecule has 0 bridgehead atoms. The van der Waals surface area contributed by atoms with E-state index >= 15 is 0 Å². The molecule has 2 aromatic carbocycles. The number of hydrogen-bond acceptors (Lipinski definition) is 7. The number of carbonyl (C=O) groups is 4. The van der Waals surface area contributed by atoms with E-state index < -0.39 is 18.0 Å². The van der Waals surface area contributed by atoms with E-state index in [4.69, 9.17) is 37.4 Å². The quantitative estimate of drug-likeness (QED) is 0.316. The number of piperidine rings is 2. The zero-order valence-electron chi connectivity index (χ0n) is 24.5. The normalized spacial score (nSPS) is 21.6. The number of carboxylic acids is 1. The molecule has 2 aliphatic heterocycles. The molecular weight excluding hydrogens is 599 g/mol. The predicted molar refractivity (Wildman–Crippen MR) is 161 cm³/mol. The monoisotopic (exact) mass is 636 g/mol. The summed E-state index contributed by atoms with van der Waals surface area (Å²) in [6.45, 7) is 0.895. The van der Waals surface area contributed by atoms with Gasteiger partial charge in [0, 0.05) is 35.2 Å². The zero-order valence-corrected chi connectivity index (χ0v) is 26.1. The molecule has 2 aromatic rings. The highest BCUT2D eigenvalue weighted by atomic mass is 35.5. The van der Waals surface area contributed by atoms with Crippen molar-refractivity contribution < 1.29 is 38.5 Å². The highest BCUT2D eigenvalue weighted by molar-refractivity contribution is 6.30. The summed E-state index contributed by atoms with van der Waals surface area (Å²) in [7, 11) is 4.10. The van der Waals surface area contributed by atoms with Gasteiger partial charge in [-0.15, -0.1) is 0 Å². The van der Waals surface area contributed by atoms with Gasteiger partial charge in [-0.2, -0.15) is 0 Å². The lowest BCUT2D eigenvalue weighted by molar-refractivity contribution is -0.147. The molecule has 2 aliphatic rings. The van der Waals surface area contributed by atoms with Crippen molar-refractivity contribution in [3.63, 3.8) is 0 Å². The first-order valence-corrected chi connectivity index (χ1v) is 14.8. The van der Waals surface area contributed by atoms with Crippen LogP contribution in [0.25, 0.3) is 0 Å². The first-order chi connectivity index (χ1) is 20.6. The summed E-state index contributed by atoms with van der Waals surface area (Å²) in [6.07, 6.45) is 2.55. The summed E-state index contributed by atoms with van der Waals surface area (Å²) < 4.78 is 14.5. The molecule has 43 heavy (non-hydrogen) atoms. The van der Waals surface area contributed by atoms with E-state index in [1.807, 2.05) is 36.4 Å². The van der Waals surface area contributed by atoms with Gasteiger partial charge in [0.25, 0.3) is 0 Å². The number of benzene rings is 2. The van der Waals surface area contributed by atoms with Crippen molar-refractivity contribution in [2.45, 2.75) is 50.6 Å². The van der Waals surface area contributed by atoms with E-state index in [0.717, 1.165) is 11.1 Å². The lowest BCUT2D eigenvalue weighted by Gasteiger charge is -2.37. The third kappa shape index (κ3) is 9.76. The van der Waals surface area contributed by atoms with Crippen molar-refractivity contribution >= 4 is 47.3 Å². The fraction of sp³-hybridized carbons (Fsp3) is 0.484. The maximum atomic E-state index is 11.9. The van der Waals surface area contributed by atoms with Crippen molar-refractivity contribution in [2.24, 2.45) is 11.8 Å². The van der Waals surface area contributed by atoms with Crippen LogP contribution in [-0.2, 0) is 36.6 Å². The number of hydrogen-bond donors (Lipinski definition) is 1. The van der Waals surface area contributed by atoms with Gasteiger partial charge in [0.1, 0.15) is 0 Å². The fourth-order valence-electron chi connectivity index (χ4n) is 5.59. The Morgan fingerprint density at radius 3 is 1.47 bits per heavy atom. The number of ether oxygens (including phenoxy) is 3. The van der Waals surface area contributed by atoms with Crippen LogP contribution >= 0.6 is 23.2 Å². The standard InChI is InChI=1S/C16H20ClNO4.C15H18ClNO4/c1-21-15(19)12-7-8-18(16(20)22-2)14(10-12)9-11-3-5-13(17)6-4-11;1-21-15(20)17-7-6-11(14(18)19)9-13(17)8-10-2-4-12(16)5-3-10/h3-6,12,14H,7-10H2,1-2H3;2-5,11,13H,6-9H2,1H3,(H,18,19). The van der Waals surface area contributed by atoms with E-state index in [1.54, 1.807) is 21.9 Å². The number of aliphatic carboxylic acids is 1. The summed E-state index contributed by atoms with van der Waals surface area (Å²) >= 11 is 11.8. The maximum Gasteiger partial charge on any atom is 0.409 e. The van der Waals surface area contributed by atoms with Crippen molar-refractivity contribution in [1.82, 2.24) is 9.80 Å². The number of likely N-dealkylation sites (tertiary alicyclic amines) is 2. The number of halogens is 2. The van der Waals surface area contributed by atoms with Crippen molar-refractivity contribution in [3.05, 3.63) is 69.7 Å². The number of esters is 1. The van der Waals surface area contributed by atoms with Gasteiger partial charge in [0.2, 0.25) is 0 Å². The Morgan fingerprint density at radius 1 is 0.698 bits per heavy atom. The third-order valence-electron chi connectivity index (χ3n) is 7.90. The minimum Gasteiger partial charge on any atom is -0.481 e. The minimum atomic E-state index is -0.805. The predicted octanol–water partition coefficient (Wildman–Crippen LogP) is 5.72. The molecule has 234 valence electrons. The molecule has 10 nitrogen and oxygen atoms in total. The summed E-state index contributed by atoms with van der Waals surface area (Å²) in [4.78, 5) is 50.0. The van der Waals surface area contributed by atoms with Crippen molar-refractivity contribution in [3.8, 4) is 0 Å². The summed E-state index contributed by atoms with van der Waals surface area (Å²) in [5.41, 5.74) is 2.08. The molecule has 0 aliphatic carbocycles. The molecule has 0 aromatic heterocycles. The number of nitrogens with zero attached hydrogens (tertiary/aromatic N) is 2. The average Bonchev–Trinajstić information content (AvgIpc) is 3.02. The Morgan fingerprint density at radius 2 is 1.09 bits per heavy atom. The Bertz CT molecular complexity index is 1240. The van der Waals surface area contributed by atoms with Crippen LogP contribution < -0.4 is 0 Å². The highest BCUT2D eigenvalue weighted by Gasteiger charge is 2.36. The van der Waals surface area contributed by atoms with Gasteiger partial charge in [-0.25, -0.2) is 9.59 Å². The molecule has 0 saturated carbocycles. The largest absolute Gasteiger partial charge is 0.481 e. The fourth-order valence-corrected chi connectivity index (χ4v) is 5.85. The highest BCUT2D eigenvalue weighted by Crippen LogP contribution is 2.28. The Hall–Kier alpha value is -3.50. The van der Waals surface area contributed by atoms with Gasteiger partial charge >= 0.3 is 24.1 Å². The Balaban J connectivity index is 0.000000236. The first kappa shape index (κ1) is 34.0. The smallest absolute Gasteiger partial charge is 0.409 e. The van der Waals surface area contributed by atoms with Gasteiger partial charge in [0.05, 0.1) is 33.2 Å². The lowest BCUT2D eigenvalue weighted by atomic mass is 9.88. The molecule has 0 radical (unpaired) electrons. The second-order valence-electron chi connectivity index (χ2n) is 10.6.